The maximum Gasteiger partial charge on any atom is 0.152 e. The molecule has 19 heavy (non-hydrogen) atoms. The summed E-state index contributed by atoms with van der Waals surface area (Å²) in [6.07, 6.45) is 3.46. The van der Waals surface area contributed by atoms with Crippen molar-refractivity contribution in [3.8, 4) is 5.75 Å². The standard InChI is InChI=1S/C14H15Cl2NO2/c1-9(4-5-11-3-2-6-19-11)17-10-7-12(15)14(18)13(16)8-10/h2-3,6-9,17-18H,4-5H2,1H3. The van der Waals surface area contributed by atoms with Gasteiger partial charge in [-0.15, -0.1) is 0 Å². The average Bonchev–Trinajstić information content (AvgIpc) is 2.86. The fourth-order valence-corrected chi connectivity index (χ4v) is 2.31. The Hall–Kier alpha value is -1.32. The lowest BCUT2D eigenvalue weighted by molar-refractivity contribution is 0.476. The number of phenols is 1. The summed E-state index contributed by atoms with van der Waals surface area (Å²) >= 11 is 11.7. The normalized spacial score (nSPS) is 12.4. The third kappa shape index (κ3) is 3.82. The molecule has 2 rings (SSSR count). The maximum absolute atomic E-state index is 9.49. The van der Waals surface area contributed by atoms with Gasteiger partial charge in [0.25, 0.3) is 0 Å². The van der Waals surface area contributed by atoms with Crippen LogP contribution >= 0.6 is 23.2 Å². The molecule has 0 aliphatic rings. The molecule has 0 aliphatic heterocycles. The third-order valence-corrected chi connectivity index (χ3v) is 3.41. The Bertz CT molecular complexity index is 517. The van der Waals surface area contributed by atoms with Gasteiger partial charge in [-0.05, 0) is 37.6 Å². The van der Waals surface area contributed by atoms with Crippen LogP contribution < -0.4 is 5.32 Å². The number of aromatic hydroxyl groups is 1. The van der Waals surface area contributed by atoms with E-state index in [-0.39, 0.29) is 21.8 Å². The molecule has 1 heterocycles. The molecule has 3 nitrogen and oxygen atoms in total. The predicted molar refractivity (Wildman–Crippen MR) is 78.2 cm³/mol. The van der Waals surface area contributed by atoms with Crippen molar-refractivity contribution in [3.63, 3.8) is 0 Å². The molecule has 0 spiro atoms. The maximum atomic E-state index is 9.49. The Morgan fingerprint density at radius 3 is 2.58 bits per heavy atom. The highest BCUT2D eigenvalue weighted by Crippen LogP contribution is 2.34. The molecule has 0 saturated carbocycles. The van der Waals surface area contributed by atoms with Crippen LogP contribution in [0.2, 0.25) is 10.0 Å². The van der Waals surface area contributed by atoms with E-state index in [1.165, 1.54) is 0 Å². The second kappa shape index (κ2) is 6.22. The number of aryl methyl sites for hydroxylation is 1. The molecule has 0 aliphatic carbocycles. The number of halogens is 2. The van der Waals surface area contributed by atoms with Crippen molar-refractivity contribution < 1.29 is 9.52 Å². The number of furan rings is 1. The van der Waals surface area contributed by atoms with E-state index >= 15 is 0 Å². The third-order valence-electron chi connectivity index (χ3n) is 2.83. The molecule has 5 heteroatoms. The second-order valence-corrected chi connectivity index (χ2v) is 5.27. The zero-order valence-electron chi connectivity index (χ0n) is 10.5. The van der Waals surface area contributed by atoms with Gasteiger partial charge >= 0.3 is 0 Å². The van der Waals surface area contributed by atoms with Crippen LogP contribution in [0.1, 0.15) is 19.1 Å². The summed E-state index contributed by atoms with van der Waals surface area (Å²) in [6, 6.07) is 7.40. The highest BCUT2D eigenvalue weighted by molar-refractivity contribution is 6.37. The van der Waals surface area contributed by atoms with Gasteiger partial charge in [-0.25, -0.2) is 0 Å². The average molecular weight is 300 g/mol. The minimum Gasteiger partial charge on any atom is -0.505 e. The molecule has 1 atom stereocenters. The Balaban J connectivity index is 1.93. The molecule has 2 N–H and O–H groups in total. The predicted octanol–water partition coefficient (Wildman–Crippen LogP) is 4.73. The molecule has 0 fully saturated rings. The summed E-state index contributed by atoms with van der Waals surface area (Å²) in [5, 5.41) is 13.3. The van der Waals surface area contributed by atoms with Crippen molar-refractivity contribution in [1.82, 2.24) is 0 Å². The molecule has 2 aromatic rings. The largest absolute Gasteiger partial charge is 0.505 e. The summed E-state index contributed by atoms with van der Waals surface area (Å²) in [7, 11) is 0. The van der Waals surface area contributed by atoms with Gasteiger partial charge in [0.2, 0.25) is 0 Å². The smallest absolute Gasteiger partial charge is 0.152 e. The lowest BCUT2D eigenvalue weighted by Crippen LogP contribution is -2.15. The van der Waals surface area contributed by atoms with Crippen molar-refractivity contribution in [2.75, 3.05) is 5.32 Å². The van der Waals surface area contributed by atoms with Crippen molar-refractivity contribution in [2.24, 2.45) is 0 Å². The molecule has 1 aromatic heterocycles. The van der Waals surface area contributed by atoms with E-state index in [2.05, 4.69) is 12.2 Å². The molecule has 102 valence electrons. The highest BCUT2D eigenvalue weighted by Gasteiger charge is 2.09. The van der Waals surface area contributed by atoms with Crippen LogP contribution in [0, 0.1) is 0 Å². The summed E-state index contributed by atoms with van der Waals surface area (Å²) < 4.78 is 5.29. The zero-order chi connectivity index (χ0) is 13.8. The summed E-state index contributed by atoms with van der Waals surface area (Å²) in [6.45, 7) is 2.07. The van der Waals surface area contributed by atoms with E-state index in [9.17, 15) is 5.11 Å². The van der Waals surface area contributed by atoms with E-state index in [1.807, 2.05) is 12.1 Å². The number of rotatable bonds is 5. The van der Waals surface area contributed by atoms with Crippen molar-refractivity contribution in [1.29, 1.82) is 0 Å². The summed E-state index contributed by atoms with van der Waals surface area (Å²) in [4.78, 5) is 0. The van der Waals surface area contributed by atoms with Gasteiger partial charge < -0.3 is 14.8 Å². The Morgan fingerprint density at radius 2 is 2.00 bits per heavy atom. The lowest BCUT2D eigenvalue weighted by atomic mass is 10.1. The van der Waals surface area contributed by atoms with Gasteiger partial charge in [0.15, 0.2) is 5.75 Å². The van der Waals surface area contributed by atoms with Gasteiger partial charge in [-0.2, -0.15) is 0 Å². The number of benzene rings is 1. The molecule has 1 aromatic carbocycles. The van der Waals surface area contributed by atoms with Gasteiger partial charge in [0.1, 0.15) is 5.76 Å². The van der Waals surface area contributed by atoms with Crippen LogP contribution in [0.25, 0.3) is 0 Å². The van der Waals surface area contributed by atoms with Crippen LogP contribution in [0.4, 0.5) is 5.69 Å². The minimum absolute atomic E-state index is 0.0860. The van der Waals surface area contributed by atoms with Crippen LogP contribution in [0.15, 0.2) is 34.9 Å². The Morgan fingerprint density at radius 1 is 1.32 bits per heavy atom. The summed E-state index contributed by atoms with van der Waals surface area (Å²) in [5.74, 6) is 0.882. The fourth-order valence-electron chi connectivity index (χ4n) is 1.82. The fraction of sp³-hybridized carbons (Fsp3) is 0.286. The number of hydrogen-bond acceptors (Lipinski definition) is 3. The van der Waals surface area contributed by atoms with Gasteiger partial charge in [-0.3, -0.25) is 0 Å². The molecular weight excluding hydrogens is 285 g/mol. The Labute approximate surface area is 122 Å². The first-order chi connectivity index (χ1) is 9.06. The van der Waals surface area contributed by atoms with E-state index in [1.54, 1.807) is 18.4 Å². The van der Waals surface area contributed by atoms with Crippen LogP contribution in [-0.4, -0.2) is 11.1 Å². The number of hydrogen-bond donors (Lipinski definition) is 2. The van der Waals surface area contributed by atoms with Gasteiger partial charge in [-0.1, -0.05) is 23.2 Å². The van der Waals surface area contributed by atoms with Gasteiger partial charge in [0.05, 0.1) is 16.3 Å². The van der Waals surface area contributed by atoms with E-state index < -0.39 is 0 Å². The Kier molecular flexibility index (Phi) is 4.61. The molecular formula is C14H15Cl2NO2. The first-order valence-corrected chi connectivity index (χ1v) is 6.79. The molecule has 1 unspecified atom stereocenters. The van der Waals surface area contributed by atoms with Crippen molar-refractivity contribution in [3.05, 3.63) is 46.3 Å². The highest BCUT2D eigenvalue weighted by atomic mass is 35.5. The zero-order valence-corrected chi connectivity index (χ0v) is 12.0. The number of phenolic OH excluding ortho intramolecular Hbond substituents is 1. The SMILES string of the molecule is CC(CCc1ccco1)Nc1cc(Cl)c(O)c(Cl)c1. The number of anilines is 1. The first-order valence-electron chi connectivity index (χ1n) is 6.03. The van der Waals surface area contributed by atoms with E-state index in [4.69, 9.17) is 27.6 Å². The molecule has 0 radical (unpaired) electrons. The summed E-state index contributed by atoms with van der Waals surface area (Å²) in [5.41, 5.74) is 0.791. The van der Waals surface area contributed by atoms with Crippen LogP contribution in [0.3, 0.4) is 0 Å². The van der Waals surface area contributed by atoms with Crippen LogP contribution in [-0.2, 0) is 6.42 Å². The topological polar surface area (TPSA) is 45.4 Å². The first kappa shape index (κ1) is 14.1. The minimum atomic E-state index is -0.0860. The molecule has 0 amide bonds. The lowest BCUT2D eigenvalue weighted by Gasteiger charge is -2.15. The van der Waals surface area contributed by atoms with Gasteiger partial charge in [0, 0.05) is 18.2 Å². The van der Waals surface area contributed by atoms with Crippen LogP contribution in [0.5, 0.6) is 5.75 Å². The second-order valence-electron chi connectivity index (χ2n) is 4.45. The van der Waals surface area contributed by atoms with E-state index in [0.717, 1.165) is 24.3 Å². The number of nitrogens with one attached hydrogen (secondary N) is 1. The molecule has 0 bridgehead atoms. The monoisotopic (exact) mass is 299 g/mol. The quantitative estimate of drug-likeness (QED) is 0.785. The molecule has 0 saturated heterocycles. The van der Waals surface area contributed by atoms with Crippen molar-refractivity contribution >= 4 is 28.9 Å². The van der Waals surface area contributed by atoms with Crippen molar-refractivity contribution in [2.45, 2.75) is 25.8 Å². The van der Waals surface area contributed by atoms with E-state index in [0.29, 0.717) is 0 Å².